The second-order valence-electron chi connectivity index (χ2n) is 2.46. The molecule has 1 rings (SSSR count). The average molecular weight is 198 g/mol. The first-order valence-corrected chi connectivity index (χ1v) is 4.07. The third-order valence-electron chi connectivity index (χ3n) is 1.49. The number of carbonyl (C=O) groups excluding carboxylic acids is 2. The molecule has 0 radical (unpaired) electrons. The Kier molecular flexibility index (Phi) is 3.46. The number of nitrogens with one attached hydrogen (secondary N) is 1. The predicted molar refractivity (Wildman–Crippen MR) is 49.4 cm³/mol. The van der Waals surface area contributed by atoms with Gasteiger partial charge in [0.2, 0.25) is 6.29 Å². The Morgan fingerprint density at radius 1 is 1.38 bits per heavy atom. The van der Waals surface area contributed by atoms with Crippen molar-refractivity contribution in [2.75, 3.05) is 0 Å². The van der Waals surface area contributed by atoms with Crippen LogP contribution >= 0.6 is 11.6 Å². The van der Waals surface area contributed by atoms with Crippen LogP contribution in [-0.4, -0.2) is 12.2 Å². The maximum atomic E-state index is 10.5. The minimum atomic E-state index is -0.616. The molecule has 0 heterocycles. The molecule has 1 N–H and O–H groups in total. The smallest absolute Gasteiger partial charge is 0.284 e. The van der Waals surface area contributed by atoms with Crippen LogP contribution in [-0.2, 0) is 16.1 Å². The molecule has 68 valence electrons. The van der Waals surface area contributed by atoms with Gasteiger partial charge >= 0.3 is 0 Å². The van der Waals surface area contributed by atoms with Gasteiger partial charge in [0.25, 0.3) is 5.91 Å². The van der Waals surface area contributed by atoms with Gasteiger partial charge in [-0.25, -0.2) is 0 Å². The molecule has 0 spiro atoms. The van der Waals surface area contributed by atoms with Crippen LogP contribution in [0.1, 0.15) is 5.56 Å². The molecular formula is C9H8ClNO2. The summed E-state index contributed by atoms with van der Waals surface area (Å²) < 4.78 is 0. The average Bonchev–Trinajstić information content (AvgIpc) is 2.16. The van der Waals surface area contributed by atoms with Gasteiger partial charge in [-0.1, -0.05) is 23.7 Å². The zero-order valence-electron chi connectivity index (χ0n) is 6.79. The summed E-state index contributed by atoms with van der Waals surface area (Å²) in [5.74, 6) is -0.616. The molecule has 0 saturated heterocycles. The van der Waals surface area contributed by atoms with Gasteiger partial charge in [0.1, 0.15) is 0 Å². The number of benzene rings is 1. The molecule has 0 aromatic heterocycles. The highest BCUT2D eigenvalue weighted by molar-refractivity contribution is 6.30. The molecule has 0 unspecified atom stereocenters. The topological polar surface area (TPSA) is 46.2 Å². The van der Waals surface area contributed by atoms with Crippen LogP contribution in [0, 0.1) is 0 Å². The summed E-state index contributed by atoms with van der Waals surface area (Å²) in [6.07, 6.45) is 0.246. The Morgan fingerprint density at radius 2 is 2.00 bits per heavy atom. The van der Waals surface area contributed by atoms with Crippen LogP contribution < -0.4 is 5.32 Å². The third kappa shape index (κ3) is 3.25. The van der Waals surface area contributed by atoms with E-state index in [0.29, 0.717) is 11.6 Å². The molecule has 0 bridgehead atoms. The number of rotatable bonds is 3. The maximum absolute atomic E-state index is 10.5. The highest BCUT2D eigenvalue weighted by Gasteiger charge is 1.97. The second-order valence-corrected chi connectivity index (χ2v) is 2.90. The molecule has 3 nitrogen and oxygen atoms in total. The molecule has 0 aliphatic carbocycles. The van der Waals surface area contributed by atoms with Crippen molar-refractivity contribution in [1.82, 2.24) is 5.32 Å². The van der Waals surface area contributed by atoms with Crippen LogP contribution in [0.15, 0.2) is 24.3 Å². The summed E-state index contributed by atoms with van der Waals surface area (Å²) in [5, 5.41) is 3.06. The van der Waals surface area contributed by atoms with E-state index in [1.807, 2.05) is 0 Å². The summed E-state index contributed by atoms with van der Waals surface area (Å²) in [6.45, 7) is 0.342. The van der Waals surface area contributed by atoms with Gasteiger partial charge in [-0.05, 0) is 17.7 Å². The van der Waals surface area contributed by atoms with Crippen molar-refractivity contribution in [3.63, 3.8) is 0 Å². The van der Waals surface area contributed by atoms with Crippen molar-refractivity contribution in [3.05, 3.63) is 34.9 Å². The van der Waals surface area contributed by atoms with Crippen molar-refractivity contribution in [1.29, 1.82) is 0 Å². The number of aldehydes is 1. The van der Waals surface area contributed by atoms with Gasteiger partial charge in [0.15, 0.2) is 0 Å². The maximum Gasteiger partial charge on any atom is 0.284 e. The van der Waals surface area contributed by atoms with Gasteiger partial charge < -0.3 is 5.32 Å². The lowest BCUT2D eigenvalue weighted by Crippen LogP contribution is -2.23. The minimum absolute atomic E-state index is 0.246. The van der Waals surface area contributed by atoms with E-state index in [1.54, 1.807) is 24.3 Å². The largest absolute Gasteiger partial charge is 0.346 e. The van der Waals surface area contributed by atoms with Crippen LogP contribution in [0.3, 0.4) is 0 Å². The molecular weight excluding hydrogens is 190 g/mol. The van der Waals surface area contributed by atoms with Crippen molar-refractivity contribution in [2.45, 2.75) is 6.54 Å². The molecule has 0 atom stereocenters. The fourth-order valence-corrected chi connectivity index (χ4v) is 0.959. The van der Waals surface area contributed by atoms with Gasteiger partial charge in [0, 0.05) is 11.6 Å². The Balaban J connectivity index is 2.50. The van der Waals surface area contributed by atoms with Crippen LogP contribution in [0.25, 0.3) is 0 Å². The van der Waals surface area contributed by atoms with E-state index in [1.165, 1.54) is 0 Å². The number of halogens is 1. The van der Waals surface area contributed by atoms with Gasteiger partial charge in [-0.3, -0.25) is 9.59 Å². The molecule has 0 aliphatic heterocycles. The Bertz CT molecular complexity index is 308. The monoisotopic (exact) mass is 197 g/mol. The zero-order valence-corrected chi connectivity index (χ0v) is 7.54. The van der Waals surface area contributed by atoms with Crippen molar-refractivity contribution in [2.24, 2.45) is 0 Å². The Hall–Kier alpha value is -1.35. The van der Waals surface area contributed by atoms with E-state index in [-0.39, 0.29) is 6.29 Å². The zero-order chi connectivity index (χ0) is 9.68. The number of amides is 1. The first-order chi connectivity index (χ1) is 6.22. The Labute approximate surface area is 80.7 Å². The highest BCUT2D eigenvalue weighted by atomic mass is 35.5. The van der Waals surface area contributed by atoms with Crippen LogP contribution in [0.2, 0.25) is 5.02 Å². The summed E-state index contributed by atoms with van der Waals surface area (Å²) in [5.41, 5.74) is 0.902. The number of hydrogen-bond acceptors (Lipinski definition) is 2. The SMILES string of the molecule is O=CC(=O)NCc1ccc(Cl)cc1. The van der Waals surface area contributed by atoms with E-state index in [9.17, 15) is 9.59 Å². The fourth-order valence-electron chi connectivity index (χ4n) is 0.833. The predicted octanol–water partition coefficient (Wildman–Crippen LogP) is 1.16. The van der Waals surface area contributed by atoms with Crippen LogP contribution in [0.4, 0.5) is 0 Å². The van der Waals surface area contributed by atoms with Gasteiger partial charge in [-0.15, -0.1) is 0 Å². The van der Waals surface area contributed by atoms with E-state index < -0.39 is 5.91 Å². The van der Waals surface area contributed by atoms with Gasteiger partial charge in [-0.2, -0.15) is 0 Å². The second kappa shape index (κ2) is 4.62. The highest BCUT2D eigenvalue weighted by Crippen LogP contribution is 2.08. The molecule has 1 aromatic carbocycles. The van der Waals surface area contributed by atoms with Crippen LogP contribution in [0.5, 0.6) is 0 Å². The number of hydrogen-bond donors (Lipinski definition) is 1. The first kappa shape index (κ1) is 9.74. The van der Waals surface area contributed by atoms with Crippen molar-refractivity contribution < 1.29 is 9.59 Å². The normalized spacial score (nSPS) is 9.31. The van der Waals surface area contributed by atoms with Crippen molar-refractivity contribution in [3.8, 4) is 0 Å². The quantitative estimate of drug-likeness (QED) is 0.584. The lowest BCUT2D eigenvalue weighted by atomic mass is 10.2. The van der Waals surface area contributed by atoms with E-state index in [2.05, 4.69) is 5.32 Å². The lowest BCUT2D eigenvalue weighted by molar-refractivity contribution is -0.131. The van der Waals surface area contributed by atoms with Gasteiger partial charge in [0.05, 0.1) is 0 Å². The summed E-state index contributed by atoms with van der Waals surface area (Å²) in [4.78, 5) is 20.5. The minimum Gasteiger partial charge on any atom is -0.346 e. The third-order valence-corrected chi connectivity index (χ3v) is 1.74. The van der Waals surface area contributed by atoms with E-state index in [4.69, 9.17) is 11.6 Å². The van der Waals surface area contributed by atoms with Crippen molar-refractivity contribution >= 4 is 23.8 Å². The molecule has 1 amide bonds. The molecule has 1 aromatic rings. The standard InChI is InChI=1S/C9H8ClNO2/c10-8-3-1-7(2-4-8)5-11-9(13)6-12/h1-4,6H,5H2,(H,11,13). The molecule has 4 heteroatoms. The summed E-state index contributed by atoms with van der Waals surface area (Å²) in [7, 11) is 0. The molecule has 0 aliphatic rings. The van der Waals surface area contributed by atoms with E-state index >= 15 is 0 Å². The summed E-state index contributed by atoms with van der Waals surface area (Å²) in [6, 6.07) is 7.02. The number of carbonyl (C=O) groups is 2. The molecule has 0 fully saturated rings. The fraction of sp³-hybridized carbons (Fsp3) is 0.111. The molecule has 0 saturated carbocycles. The Morgan fingerprint density at radius 3 is 2.54 bits per heavy atom. The lowest BCUT2D eigenvalue weighted by Gasteiger charge is -2.00. The first-order valence-electron chi connectivity index (χ1n) is 3.70. The molecule has 13 heavy (non-hydrogen) atoms. The van der Waals surface area contributed by atoms with E-state index in [0.717, 1.165) is 5.56 Å². The summed E-state index contributed by atoms with van der Waals surface area (Å²) >= 11 is 5.66.